The summed E-state index contributed by atoms with van der Waals surface area (Å²) in [6, 6.07) is 3.22. The Labute approximate surface area is 106 Å². The molecule has 1 N–H and O–H groups in total. The number of hydrogen-bond donors (Lipinski definition) is 1. The van der Waals surface area contributed by atoms with E-state index in [0.29, 0.717) is 17.3 Å². The number of carbonyl (C=O) groups excluding carboxylic acids is 1. The molecule has 1 rings (SSSR count). The minimum absolute atomic E-state index is 0.0319. The van der Waals surface area contributed by atoms with Crippen molar-refractivity contribution in [3.63, 3.8) is 0 Å². The van der Waals surface area contributed by atoms with Crippen LogP contribution in [0.4, 0.5) is 0 Å². The van der Waals surface area contributed by atoms with E-state index in [1.165, 1.54) is 6.20 Å². The molecule has 0 aliphatic carbocycles. The molecule has 94 valence electrons. The topological polar surface area (TPSA) is 51.2 Å². The summed E-state index contributed by atoms with van der Waals surface area (Å²) in [4.78, 5) is 15.7. The molecule has 1 heterocycles. The number of rotatable bonds is 6. The minimum atomic E-state index is -0.148. The second kappa shape index (κ2) is 7.25. The van der Waals surface area contributed by atoms with Gasteiger partial charge in [0.05, 0.1) is 12.6 Å². The fraction of sp³-hybridized carbons (Fsp3) is 0.500. The van der Waals surface area contributed by atoms with Gasteiger partial charge in [-0.05, 0) is 18.6 Å². The van der Waals surface area contributed by atoms with Crippen molar-refractivity contribution in [1.82, 2.24) is 10.3 Å². The van der Waals surface area contributed by atoms with Gasteiger partial charge in [-0.1, -0.05) is 24.9 Å². The molecule has 1 atom stereocenters. The molecular formula is C12H17ClN2O2. The molecule has 1 aromatic heterocycles. The monoisotopic (exact) mass is 256 g/mol. The first kappa shape index (κ1) is 13.9. The average Bonchev–Trinajstić information content (AvgIpc) is 2.29. The highest BCUT2D eigenvalue weighted by Gasteiger charge is 2.13. The van der Waals surface area contributed by atoms with Crippen molar-refractivity contribution in [2.45, 2.75) is 25.8 Å². The van der Waals surface area contributed by atoms with Gasteiger partial charge in [0, 0.05) is 18.9 Å². The van der Waals surface area contributed by atoms with Crippen LogP contribution in [0.25, 0.3) is 0 Å². The third-order valence-corrected chi connectivity index (χ3v) is 2.54. The van der Waals surface area contributed by atoms with Crippen LogP contribution < -0.4 is 5.32 Å². The lowest BCUT2D eigenvalue weighted by molar-refractivity contribution is 0.0891. The van der Waals surface area contributed by atoms with E-state index in [9.17, 15) is 4.79 Å². The fourth-order valence-corrected chi connectivity index (χ4v) is 1.73. The summed E-state index contributed by atoms with van der Waals surface area (Å²) in [7, 11) is 1.62. The number of nitrogens with one attached hydrogen (secondary N) is 1. The van der Waals surface area contributed by atoms with Gasteiger partial charge >= 0.3 is 0 Å². The highest BCUT2D eigenvalue weighted by Crippen LogP contribution is 2.08. The number of pyridine rings is 1. The quantitative estimate of drug-likeness (QED) is 0.795. The van der Waals surface area contributed by atoms with Crippen molar-refractivity contribution in [3.05, 3.63) is 29.0 Å². The van der Waals surface area contributed by atoms with Gasteiger partial charge in [0.15, 0.2) is 0 Å². The second-order valence-electron chi connectivity index (χ2n) is 3.78. The van der Waals surface area contributed by atoms with E-state index in [4.69, 9.17) is 16.3 Å². The fourth-order valence-electron chi connectivity index (χ4n) is 1.56. The molecule has 0 saturated heterocycles. The van der Waals surface area contributed by atoms with Crippen LogP contribution in [0.2, 0.25) is 5.15 Å². The lowest BCUT2D eigenvalue weighted by Gasteiger charge is -2.17. The summed E-state index contributed by atoms with van der Waals surface area (Å²) in [5.74, 6) is -0.148. The van der Waals surface area contributed by atoms with E-state index in [1.807, 2.05) is 0 Å². The van der Waals surface area contributed by atoms with Crippen LogP contribution in [0.1, 0.15) is 30.1 Å². The van der Waals surface area contributed by atoms with E-state index < -0.39 is 0 Å². The lowest BCUT2D eigenvalue weighted by atomic mass is 10.1. The lowest BCUT2D eigenvalue weighted by Crippen LogP contribution is -2.37. The van der Waals surface area contributed by atoms with Crippen molar-refractivity contribution in [2.24, 2.45) is 0 Å². The molecule has 1 amide bonds. The molecule has 1 unspecified atom stereocenters. The summed E-state index contributed by atoms with van der Waals surface area (Å²) >= 11 is 5.73. The van der Waals surface area contributed by atoms with Crippen molar-refractivity contribution in [3.8, 4) is 0 Å². The predicted octanol–water partition coefficient (Wildman–Crippen LogP) is 2.28. The molecule has 0 aromatic carbocycles. The molecule has 5 heteroatoms. The number of hydrogen-bond acceptors (Lipinski definition) is 3. The second-order valence-corrected chi connectivity index (χ2v) is 4.17. The Kier molecular flexibility index (Phi) is 5.94. The minimum Gasteiger partial charge on any atom is -0.383 e. The van der Waals surface area contributed by atoms with Crippen molar-refractivity contribution in [1.29, 1.82) is 0 Å². The zero-order valence-electron chi connectivity index (χ0n) is 10.1. The maximum atomic E-state index is 11.9. The van der Waals surface area contributed by atoms with Gasteiger partial charge in [-0.3, -0.25) is 4.79 Å². The van der Waals surface area contributed by atoms with E-state index in [2.05, 4.69) is 17.2 Å². The van der Waals surface area contributed by atoms with Crippen molar-refractivity contribution in [2.75, 3.05) is 13.7 Å². The molecule has 0 radical (unpaired) electrons. The van der Waals surface area contributed by atoms with Crippen LogP contribution in [-0.2, 0) is 4.74 Å². The number of aromatic nitrogens is 1. The summed E-state index contributed by atoms with van der Waals surface area (Å²) < 4.78 is 5.06. The van der Waals surface area contributed by atoms with Gasteiger partial charge < -0.3 is 10.1 Å². The van der Waals surface area contributed by atoms with Crippen LogP contribution >= 0.6 is 11.6 Å². The van der Waals surface area contributed by atoms with Gasteiger partial charge in [-0.25, -0.2) is 4.98 Å². The number of halogens is 1. The Morgan fingerprint density at radius 1 is 1.65 bits per heavy atom. The van der Waals surface area contributed by atoms with Crippen LogP contribution in [0.5, 0.6) is 0 Å². The summed E-state index contributed by atoms with van der Waals surface area (Å²) in [6.45, 7) is 2.58. The number of ether oxygens (including phenoxy) is 1. The smallest absolute Gasteiger partial charge is 0.251 e. The van der Waals surface area contributed by atoms with E-state index in [-0.39, 0.29) is 11.9 Å². The maximum absolute atomic E-state index is 11.9. The van der Waals surface area contributed by atoms with Gasteiger partial charge in [0.25, 0.3) is 5.91 Å². The summed E-state index contributed by atoms with van der Waals surface area (Å²) in [5, 5.41) is 3.23. The number of nitrogens with zero attached hydrogens (tertiary/aromatic N) is 1. The average molecular weight is 257 g/mol. The molecule has 17 heavy (non-hydrogen) atoms. The molecule has 0 bridgehead atoms. The first-order valence-electron chi connectivity index (χ1n) is 5.58. The molecular weight excluding hydrogens is 240 g/mol. The Balaban J connectivity index is 2.63. The van der Waals surface area contributed by atoms with E-state index in [0.717, 1.165) is 12.8 Å². The molecule has 4 nitrogen and oxygen atoms in total. The van der Waals surface area contributed by atoms with Crippen LogP contribution in [0, 0.1) is 0 Å². The molecule has 0 aliphatic rings. The number of methoxy groups -OCH3 is 1. The van der Waals surface area contributed by atoms with Crippen LogP contribution in [-0.4, -0.2) is 30.6 Å². The van der Waals surface area contributed by atoms with Crippen LogP contribution in [0.15, 0.2) is 18.3 Å². The Bertz CT molecular complexity index is 365. The van der Waals surface area contributed by atoms with Crippen molar-refractivity contribution >= 4 is 17.5 Å². The molecule has 0 aliphatic heterocycles. The summed E-state index contributed by atoms with van der Waals surface area (Å²) in [5.41, 5.74) is 0.516. The van der Waals surface area contributed by atoms with Gasteiger partial charge in [-0.2, -0.15) is 0 Å². The maximum Gasteiger partial charge on any atom is 0.251 e. The Morgan fingerprint density at radius 2 is 2.41 bits per heavy atom. The first-order chi connectivity index (χ1) is 8.17. The normalized spacial score (nSPS) is 12.2. The zero-order valence-corrected chi connectivity index (χ0v) is 10.8. The third kappa shape index (κ3) is 4.71. The highest BCUT2D eigenvalue weighted by atomic mass is 35.5. The van der Waals surface area contributed by atoms with Gasteiger partial charge in [0.1, 0.15) is 5.15 Å². The zero-order chi connectivity index (χ0) is 12.7. The largest absolute Gasteiger partial charge is 0.383 e. The molecule has 0 saturated carbocycles. The first-order valence-corrected chi connectivity index (χ1v) is 5.96. The summed E-state index contributed by atoms with van der Waals surface area (Å²) in [6.07, 6.45) is 3.40. The predicted molar refractivity (Wildman–Crippen MR) is 67.3 cm³/mol. The number of amides is 1. The van der Waals surface area contributed by atoms with Crippen molar-refractivity contribution < 1.29 is 9.53 Å². The molecule has 0 fully saturated rings. The Hall–Kier alpha value is -1.13. The molecule has 0 spiro atoms. The molecule has 1 aromatic rings. The highest BCUT2D eigenvalue weighted by molar-refractivity contribution is 6.29. The van der Waals surface area contributed by atoms with Gasteiger partial charge in [0.2, 0.25) is 0 Å². The van der Waals surface area contributed by atoms with E-state index in [1.54, 1.807) is 19.2 Å². The standard InChI is InChI=1S/C12H17ClN2O2/c1-3-4-10(8-17-2)15-12(16)9-5-6-14-11(13)7-9/h5-7,10H,3-4,8H2,1-2H3,(H,15,16). The Morgan fingerprint density at radius 3 is 3.00 bits per heavy atom. The SMILES string of the molecule is CCCC(COC)NC(=O)c1ccnc(Cl)c1. The van der Waals surface area contributed by atoms with Crippen LogP contribution in [0.3, 0.4) is 0 Å². The van der Waals surface area contributed by atoms with E-state index >= 15 is 0 Å². The number of carbonyl (C=O) groups is 1. The third-order valence-electron chi connectivity index (χ3n) is 2.33. The van der Waals surface area contributed by atoms with Gasteiger partial charge in [-0.15, -0.1) is 0 Å².